The van der Waals surface area contributed by atoms with Crippen molar-refractivity contribution in [1.82, 2.24) is 14.1 Å². The summed E-state index contributed by atoms with van der Waals surface area (Å²) in [6, 6.07) is 11.9. The van der Waals surface area contributed by atoms with Gasteiger partial charge in [-0.05, 0) is 25.3 Å². The molecule has 0 atom stereocenters. The van der Waals surface area contributed by atoms with Crippen molar-refractivity contribution in [2.75, 3.05) is 24.7 Å². The smallest absolute Gasteiger partial charge is 0.228 e. The number of carbonyl (C=O) groups is 1. The van der Waals surface area contributed by atoms with Crippen molar-refractivity contribution in [2.45, 2.75) is 26.3 Å². The van der Waals surface area contributed by atoms with Gasteiger partial charge in [0.15, 0.2) is 5.82 Å². The number of sulfonamides is 1. The average molecular weight is 376 g/mol. The molecular weight excluding hydrogens is 352 g/mol. The predicted molar refractivity (Wildman–Crippen MR) is 100 cm³/mol. The quantitative estimate of drug-likeness (QED) is 0.863. The van der Waals surface area contributed by atoms with Crippen molar-refractivity contribution in [3.05, 3.63) is 47.7 Å². The number of piperidine rings is 1. The van der Waals surface area contributed by atoms with Crippen LogP contribution in [-0.2, 0) is 21.4 Å². The Balaban J connectivity index is 1.59. The van der Waals surface area contributed by atoms with Crippen LogP contribution < -0.4 is 5.32 Å². The molecule has 8 heteroatoms. The van der Waals surface area contributed by atoms with Crippen LogP contribution in [0.5, 0.6) is 0 Å². The summed E-state index contributed by atoms with van der Waals surface area (Å²) in [6.07, 6.45) is 2.26. The Hall–Kier alpha value is -2.19. The highest BCUT2D eigenvalue weighted by Crippen LogP contribution is 2.21. The number of aryl methyl sites for hydroxylation is 1. The molecule has 0 saturated carbocycles. The third-order valence-corrected chi connectivity index (χ3v) is 6.00. The molecule has 7 nitrogen and oxygen atoms in total. The Morgan fingerprint density at radius 2 is 1.88 bits per heavy atom. The first-order valence-electron chi connectivity index (χ1n) is 8.67. The molecule has 0 unspecified atom stereocenters. The molecule has 1 aliphatic heterocycles. The fourth-order valence-electron chi connectivity index (χ4n) is 3.17. The average Bonchev–Trinajstić information content (AvgIpc) is 2.94. The van der Waals surface area contributed by atoms with Gasteiger partial charge in [-0.25, -0.2) is 12.7 Å². The minimum atomic E-state index is -3.18. The van der Waals surface area contributed by atoms with Crippen LogP contribution in [0.25, 0.3) is 0 Å². The summed E-state index contributed by atoms with van der Waals surface area (Å²) >= 11 is 0. The van der Waals surface area contributed by atoms with E-state index in [0.717, 1.165) is 11.3 Å². The number of hydrogen-bond donors (Lipinski definition) is 1. The van der Waals surface area contributed by atoms with Gasteiger partial charge in [0.2, 0.25) is 15.9 Å². The van der Waals surface area contributed by atoms with Gasteiger partial charge in [-0.15, -0.1) is 0 Å². The summed E-state index contributed by atoms with van der Waals surface area (Å²) in [4.78, 5) is 12.5. The summed E-state index contributed by atoms with van der Waals surface area (Å²) in [5.74, 6) is 0.254. The number of rotatable bonds is 5. The lowest BCUT2D eigenvalue weighted by Crippen LogP contribution is -2.40. The molecule has 140 valence electrons. The van der Waals surface area contributed by atoms with Crippen molar-refractivity contribution in [3.8, 4) is 0 Å². The molecule has 2 heterocycles. The number of nitrogens with one attached hydrogen (secondary N) is 1. The van der Waals surface area contributed by atoms with E-state index in [1.807, 2.05) is 48.0 Å². The van der Waals surface area contributed by atoms with E-state index in [4.69, 9.17) is 0 Å². The van der Waals surface area contributed by atoms with Gasteiger partial charge in [-0.2, -0.15) is 5.10 Å². The molecule has 3 rings (SSSR count). The fraction of sp³-hybridized carbons (Fsp3) is 0.444. The first-order valence-corrected chi connectivity index (χ1v) is 10.5. The van der Waals surface area contributed by atoms with Crippen molar-refractivity contribution >= 4 is 21.7 Å². The summed E-state index contributed by atoms with van der Waals surface area (Å²) in [5.41, 5.74) is 2.11. The van der Waals surface area contributed by atoms with E-state index in [1.54, 1.807) is 0 Å². The number of hydrogen-bond acceptors (Lipinski definition) is 4. The highest BCUT2D eigenvalue weighted by Gasteiger charge is 2.29. The van der Waals surface area contributed by atoms with E-state index >= 15 is 0 Å². The lowest BCUT2D eigenvalue weighted by atomic mass is 9.97. The normalized spacial score (nSPS) is 16.5. The monoisotopic (exact) mass is 376 g/mol. The molecule has 1 fully saturated rings. The Labute approximate surface area is 154 Å². The number of aromatic nitrogens is 2. The topological polar surface area (TPSA) is 84.3 Å². The van der Waals surface area contributed by atoms with Crippen LogP contribution in [-0.4, -0.2) is 47.8 Å². The summed E-state index contributed by atoms with van der Waals surface area (Å²) in [6.45, 7) is 3.38. The first-order chi connectivity index (χ1) is 12.3. The van der Waals surface area contributed by atoms with Crippen molar-refractivity contribution in [2.24, 2.45) is 5.92 Å². The molecule has 1 aromatic carbocycles. The second kappa shape index (κ2) is 7.59. The molecule has 1 saturated heterocycles. The third-order valence-electron chi connectivity index (χ3n) is 4.70. The van der Waals surface area contributed by atoms with Crippen LogP contribution in [0, 0.1) is 12.8 Å². The number of amides is 1. The van der Waals surface area contributed by atoms with Crippen molar-refractivity contribution < 1.29 is 13.2 Å². The van der Waals surface area contributed by atoms with E-state index in [-0.39, 0.29) is 11.8 Å². The second-order valence-corrected chi connectivity index (χ2v) is 8.72. The molecule has 1 N–H and O–H groups in total. The zero-order valence-electron chi connectivity index (χ0n) is 15.1. The van der Waals surface area contributed by atoms with Crippen molar-refractivity contribution in [3.63, 3.8) is 0 Å². The molecule has 0 aliphatic carbocycles. The Bertz CT molecular complexity index is 869. The van der Waals surface area contributed by atoms with Gasteiger partial charge in [-0.1, -0.05) is 30.3 Å². The number of nitrogens with zero attached hydrogens (tertiary/aromatic N) is 3. The van der Waals surface area contributed by atoms with Gasteiger partial charge in [-0.3, -0.25) is 9.48 Å². The molecule has 1 amide bonds. The molecule has 0 spiro atoms. The van der Waals surface area contributed by atoms with E-state index in [2.05, 4.69) is 10.4 Å². The van der Waals surface area contributed by atoms with Gasteiger partial charge in [0.05, 0.1) is 12.8 Å². The van der Waals surface area contributed by atoms with Crippen LogP contribution in [0.2, 0.25) is 0 Å². The Morgan fingerprint density at radius 3 is 2.50 bits per heavy atom. The standard InChI is InChI=1S/C18H24N4O3S/c1-14-12-17(20-22(14)13-15-6-4-3-5-7-15)19-18(23)16-8-10-21(11-9-16)26(2,24)25/h3-7,12,16H,8-11,13H2,1-2H3,(H,19,20,23). The minimum Gasteiger partial charge on any atom is -0.309 e. The maximum Gasteiger partial charge on any atom is 0.228 e. The van der Waals surface area contributed by atoms with E-state index in [0.29, 0.717) is 38.3 Å². The zero-order valence-corrected chi connectivity index (χ0v) is 15.9. The van der Waals surface area contributed by atoms with Gasteiger partial charge >= 0.3 is 0 Å². The Morgan fingerprint density at radius 1 is 1.23 bits per heavy atom. The van der Waals surface area contributed by atoms with E-state index in [9.17, 15) is 13.2 Å². The summed E-state index contributed by atoms with van der Waals surface area (Å²) < 4.78 is 26.4. The lowest BCUT2D eigenvalue weighted by Gasteiger charge is -2.29. The number of carbonyl (C=O) groups excluding carboxylic acids is 1. The third kappa shape index (κ3) is 4.50. The van der Waals surface area contributed by atoms with Gasteiger partial charge in [0.1, 0.15) is 0 Å². The molecule has 0 radical (unpaired) electrons. The fourth-order valence-corrected chi connectivity index (χ4v) is 4.04. The molecule has 26 heavy (non-hydrogen) atoms. The van der Waals surface area contributed by atoms with Gasteiger partial charge in [0.25, 0.3) is 0 Å². The SMILES string of the molecule is Cc1cc(NC(=O)C2CCN(S(C)(=O)=O)CC2)nn1Cc1ccccc1. The van der Waals surface area contributed by atoms with Crippen LogP contribution >= 0.6 is 0 Å². The molecule has 2 aromatic rings. The van der Waals surface area contributed by atoms with Crippen LogP contribution in [0.4, 0.5) is 5.82 Å². The Kier molecular flexibility index (Phi) is 5.43. The van der Waals surface area contributed by atoms with Gasteiger partial charge in [0, 0.05) is 30.8 Å². The van der Waals surface area contributed by atoms with Crippen LogP contribution in [0.3, 0.4) is 0 Å². The zero-order chi connectivity index (χ0) is 18.7. The van der Waals surface area contributed by atoms with Crippen LogP contribution in [0.15, 0.2) is 36.4 Å². The van der Waals surface area contributed by atoms with Crippen molar-refractivity contribution in [1.29, 1.82) is 0 Å². The molecular formula is C18H24N4O3S. The molecule has 0 bridgehead atoms. The first kappa shape index (κ1) is 18.6. The highest BCUT2D eigenvalue weighted by molar-refractivity contribution is 7.88. The second-order valence-electron chi connectivity index (χ2n) is 6.74. The molecule has 1 aromatic heterocycles. The summed E-state index contributed by atoms with van der Waals surface area (Å²) in [7, 11) is -3.18. The number of benzene rings is 1. The lowest BCUT2D eigenvalue weighted by molar-refractivity contribution is -0.120. The predicted octanol–water partition coefficient (Wildman–Crippen LogP) is 1.85. The minimum absolute atomic E-state index is 0.0949. The summed E-state index contributed by atoms with van der Waals surface area (Å²) in [5, 5.41) is 7.35. The highest BCUT2D eigenvalue weighted by atomic mass is 32.2. The number of anilines is 1. The largest absolute Gasteiger partial charge is 0.309 e. The van der Waals surface area contributed by atoms with E-state index < -0.39 is 10.0 Å². The van der Waals surface area contributed by atoms with Gasteiger partial charge < -0.3 is 5.32 Å². The van der Waals surface area contributed by atoms with Crippen LogP contribution in [0.1, 0.15) is 24.1 Å². The van der Waals surface area contributed by atoms with E-state index in [1.165, 1.54) is 10.6 Å². The maximum atomic E-state index is 12.5. The maximum absolute atomic E-state index is 12.5. The molecule has 1 aliphatic rings.